The zero-order chi connectivity index (χ0) is 24.9. The van der Waals surface area contributed by atoms with Gasteiger partial charge in [0.15, 0.2) is 6.29 Å². The Hall–Kier alpha value is -3.18. The van der Waals surface area contributed by atoms with Crippen LogP contribution in [0.1, 0.15) is 9.67 Å². The number of ether oxygens (including phenoxy) is 3. The van der Waals surface area contributed by atoms with E-state index in [1.165, 1.54) is 23.3 Å². The molecule has 0 radical (unpaired) electrons. The number of carbonyl (C=O) groups is 3. The van der Waals surface area contributed by atoms with Crippen molar-refractivity contribution in [1.82, 2.24) is 0 Å². The van der Waals surface area contributed by atoms with Crippen LogP contribution in [0.3, 0.4) is 0 Å². The molecule has 2 saturated heterocycles. The van der Waals surface area contributed by atoms with Crippen molar-refractivity contribution in [2.75, 3.05) is 49.8 Å². The Morgan fingerprint density at radius 3 is 2.71 bits per heavy atom. The Kier molecular flexibility index (Phi) is 7.86. The summed E-state index contributed by atoms with van der Waals surface area (Å²) in [5.74, 6) is 0.395. The van der Waals surface area contributed by atoms with Crippen LogP contribution in [0.25, 0.3) is 10.1 Å². The van der Waals surface area contributed by atoms with E-state index in [1.54, 1.807) is 23.1 Å². The molecule has 9 nitrogen and oxygen atoms in total. The summed E-state index contributed by atoms with van der Waals surface area (Å²) < 4.78 is 16.7. The minimum absolute atomic E-state index is 0.0701. The maximum Gasteiger partial charge on any atom is 0.414 e. The quantitative estimate of drug-likeness (QED) is 0.513. The zero-order valence-electron chi connectivity index (χ0n) is 18.9. The zero-order valence-corrected chi connectivity index (χ0v) is 20.5. The number of thiophene rings is 1. The second-order valence-corrected chi connectivity index (χ2v) is 9.22. The molecule has 2 fully saturated rings. The smallest absolute Gasteiger partial charge is 0.414 e. The number of morpholine rings is 1. The number of amides is 2. The first kappa shape index (κ1) is 24.9. The lowest BCUT2D eigenvalue weighted by molar-refractivity contribution is -0.125. The molecule has 184 valence electrons. The fourth-order valence-electron chi connectivity index (χ4n) is 3.79. The highest BCUT2D eigenvalue weighted by atomic mass is 35.5. The van der Waals surface area contributed by atoms with Gasteiger partial charge in [-0.15, -0.1) is 11.3 Å². The van der Waals surface area contributed by atoms with Crippen molar-refractivity contribution in [3.8, 4) is 5.75 Å². The number of nitrogens with two attached hydrogens (primary N) is 1. The minimum Gasteiger partial charge on any atom is -0.494 e. The minimum atomic E-state index is -0.450. The van der Waals surface area contributed by atoms with E-state index < -0.39 is 6.09 Å². The van der Waals surface area contributed by atoms with Crippen molar-refractivity contribution in [3.63, 3.8) is 0 Å². The first-order chi connectivity index (χ1) is 16.9. The highest BCUT2D eigenvalue weighted by Gasteiger charge is 2.33. The Morgan fingerprint density at radius 1 is 1.23 bits per heavy atom. The van der Waals surface area contributed by atoms with Crippen molar-refractivity contribution < 1.29 is 28.6 Å². The van der Waals surface area contributed by atoms with Gasteiger partial charge in [-0.25, -0.2) is 4.79 Å². The number of halogens is 1. The highest BCUT2D eigenvalue weighted by Crippen LogP contribution is 2.35. The molecule has 0 aliphatic carbocycles. The third-order valence-electron chi connectivity index (χ3n) is 5.52. The summed E-state index contributed by atoms with van der Waals surface area (Å²) in [5, 5.41) is 1.75. The Bertz CT molecular complexity index is 1250. The fraction of sp³-hybridized carbons (Fsp3) is 0.292. The maximum atomic E-state index is 12.0. The van der Waals surface area contributed by atoms with Crippen molar-refractivity contribution in [2.24, 2.45) is 5.73 Å². The van der Waals surface area contributed by atoms with E-state index >= 15 is 0 Å². The molecule has 1 atom stereocenters. The number of hydrogen-bond donors (Lipinski definition) is 1. The number of methoxy groups -OCH3 is 1. The number of nitrogens with zero attached hydrogens (tertiary/aromatic N) is 2. The number of hydrogen-bond acceptors (Lipinski definition) is 8. The molecule has 35 heavy (non-hydrogen) atoms. The van der Waals surface area contributed by atoms with Crippen LogP contribution >= 0.6 is 22.9 Å². The molecule has 5 rings (SSSR count). The average molecular weight is 518 g/mol. The Labute approximate surface area is 210 Å². The van der Waals surface area contributed by atoms with Crippen LogP contribution in [0, 0.1) is 0 Å². The van der Waals surface area contributed by atoms with Crippen LogP contribution in [-0.4, -0.2) is 64.3 Å². The Morgan fingerprint density at radius 2 is 2.06 bits per heavy atom. The number of aldehydes is 1. The van der Waals surface area contributed by atoms with Gasteiger partial charge in [0.2, 0.25) is 0 Å². The molecular formula is C24H24ClN3O6S. The average Bonchev–Trinajstić information content (AvgIpc) is 3.48. The van der Waals surface area contributed by atoms with Crippen molar-refractivity contribution >= 4 is 62.7 Å². The molecule has 2 amide bonds. The van der Waals surface area contributed by atoms with Gasteiger partial charge in [-0.2, -0.15) is 0 Å². The largest absolute Gasteiger partial charge is 0.494 e. The second-order valence-electron chi connectivity index (χ2n) is 7.73. The summed E-state index contributed by atoms with van der Waals surface area (Å²) in [4.78, 5) is 38.2. The van der Waals surface area contributed by atoms with Gasteiger partial charge < -0.3 is 24.8 Å². The molecule has 2 aliphatic rings. The molecule has 2 N–H and O–H groups in total. The van der Waals surface area contributed by atoms with Crippen molar-refractivity contribution in [3.05, 3.63) is 52.4 Å². The number of anilines is 2. The summed E-state index contributed by atoms with van der Waals surface area (Å²) in [6, 6.07) is 12.8. The molecule has 1 aromatic heterocycles. The molecule has 2 aliphatic heterocycles. The molecule has 11 heteroatoms. The predicted molar refractivity (Wildman–Crippen MR) is 135 cm³/mol. The molecule has 0 bridgehead atoms. The first-order valence-electron chi connectivity index (χ1n) is 10.8. The molecule has 0 saturated carbocycles. The van der Waals surface area contributed by atoms with Gasteiger partial charge in [-0.3, -0.25) is 14.5 Å². The molecule has 2 aromatic carbocycles. The predicted octanol–water partition coefficient (Wildman–Crippen LogP) is 3.71. The van der Waals surface area contributed by atoms with E-state index in [9.17, 15) is 14.4 Å². The summed E-state index contributed by atoms with van der Waals surface area (Å²) in [6.07, 6.45) is 0.0720. The molecule has 3 heterocycles. The molecule has 1 unspecified atom stereocenters. The number of cyclic esters (lactones) is 1. The van der Waals surface area contributed by atoms with Crippen LogP contribution < -0.4 is 20.3 Å². The molecule has 0 spiro atoms. The lowest BCUT2D eigenvalue weighted by atomic mass is 10.2. The third kappa shape index (κ3) is 5.40. The third-order valence-corrected chi connectivity index (χ3v) is 7.06. The number of carbonyl (C=O) groups excluding carboxylic acids is 3. The summed E-state index contributed by atoms with van der Waals surface area (Å²) in [6.45, 7) is 1.70. The number of fused-ring (bicyclic) bond motifs is 1. The normalized spacial score (nSPS) is 17.7. The monoisotopic (exact) mass is 517 g/mol. The molecular weight excluding hydrogens is 494 g/mol. The van der Waals surface area contributed by atoms with Crippen LogP contribution in [0.4, 0.5) is 16.2 Å². The van der Waals surface area contributed by atoms with Crippen LogP contribution in [-0.2, 0) is 14.3 Å². The standard InChI is InChI=1S/C15H19N3O5.C9H5ClOS/c1-21-13-6-10(17-4-5-22-9-14(17)19)2-3-12(13)18-8-11(7-16)23-15(18)20;10-8-3-1-2-6-4-7(5-11)12-9(6)8/h2-3,6,11H,4-5,7-9,16H2,1H3;1-5H. The van der Waals surface area contributed by atoms with Gasteiger partial charge >= 0.3 is 6.09 Å². The van der Waals surface area contributed by atoms with Crippen LogP contribution in [0.5, 0.6) is 5.75 Å². The van der Waals surface area contributed by atoms with E-state index in [4.69, 9.17) is 31.5 Å². The van der Waals surface area contributed by atoms with E-state index in [0.717, 1.165) is 21.2 Å². The topological polar surface area (TPSA) is 111 Å². The van der Waals surface area contributed by atoms with Crippen molar-refractivity contribution in [2.45, 2.75) is 6.10 Å². The number of rotatable bonds is 5. The van der Waals surface area contributed by atoms with E-state index in [1.807, 2.05) is 24.3 Å². The highest BCUT2D eigenvalue weighted by molar-refractivity contribution is 7.21. The van der Waals surface area contributed by atoms with E-state index in [2.05, 4.69) is 0 Å². The Balaban J connectivity index is 0.000000201. The van der Waals surface area contributed by atoms with Gasteiger partial charge in [-0.05, 0) is 29.7 Å². The molecule has 3 aromatic rings. The van der Waals surface area contributed by atoms with E-state index in [-0.39, 0.29) is 25.2 Å². The van der Waals surface area contributed by atoms with Crippen molar-refractivity contribution in [1.29, 1.82) is 0 Å². The van der Waals surface area contributed by atoms with E-state index in [0.29, 0.717) is 41.8 Å². The first-order valence-corrected chi connectivity index (χ1v) is 12.0. The second kappa shape index (κ2) is 11.0. The van der Waals surface area contributed by atoms with Crippen LogP contribution in [0.2, 0.25) is 5.02 Å². The maximum absolute atomic E-state index is 12.0. The summed E-state index contributed by atoms with van der Waals surface area (Å²) in [7, 11) is 1.52. The van der Waals surface area contributed by atoms with Crippen LogP contribution in [0.15, 0.2) is 42.5 Å². The van der Waals surface area contributed by atoms with Gasteiger partial charge in [-0.1, -0.05) is 23.7 Å². The summed E-state index contributed by atoms with van der Waals surface area (Å²) in [5.41, 5.74) is 6.86. The van der Waals surface area contributed by atoms with Gasteiger partial charge in [0.05, 0.1) is 40.5 Å². The summed E-state index contributed by atoms with van der Waals surface area (Å²) >= 11 is 7.35. The van der Waals surface area contributed by atoms with Gasteiger partial charge in [0.1, 0.15) is 18.5 Å². The lowest BCUT2D eigenvalue weighted by Gasteiger charge is -2.28. The van der Waals surface area contributed by atoms with Gasteiger partial charge in [0, 0.05) is 24.8 Å². The van der Waals surface area contributed by atoms with Gasteiger partial charge in [0.25, 0.3) is 5.91 Å². The SMILES string of the molecule is COc1cc(N2CCOCC2=O)ccc1N1CC(CN)OC1=O.O=Cc1cc2cccc(Cl)c2s1. The fourth-order valence-corrected chi connectivity index (χ4v) is 4.97. The number of benzene rings is 2. The lowest BCUT2D eigenvalue weighted by Crippen LogP contribution is -2.41.